The Bertz CT molecular complexity index is 374. The van der Waals surface area contributed by atoms with E-state index in [1.807, 2.05) is 12.1 Å². The second-order valence-electron chi connectivity index (χ2n) is 2.44. The third kappa shape index (κ3) is 2.61. The summed E-state index contributed by atoms with van der Waals surface area (Å²) in [5.74, 6) is 0.502. The third-order valence-corrected chi connectivity index (χ3v) is 1.59. The van der Waals surface area contributed by atoms with Crippen LogP contribution < -0.4 is 5.73 Å². The van der Waals surface area contributed by atoms with Crippen LogP contribution in [0.5, 0.6) is 0 Å². The highest BCUT2D eigenvalue weighted by atomic mass is 35.5. The van der Waals surface area contributed by atoms with Crippen LogP contribution >= 0.6 is 24.8 Å². The number of H-pyrrole nitrogens is 1. The van der Waals surface area contributed by atoms with Gasteiger partial charge in [-0.25, -0.2) is 0 Å². The number of anilines is 1. The molecule has 4 nitrogen and oxygen atoms in total. The zero-order chi connectivity index (χ0) is 8.39. The number of halogens is 2. The molecule has 2 aromatic rings. The van der Waals surface area contributed by atoms with Crippen LogP contribution in [0.2, 0.25) is 0 Å². The lowest BCUT2D eigenvalue weighted by Crippen LogP contribution is -1.81. The van der Waals surface area contributed by atoms with E-state index in [0.717, 1.165) is 11.3 Å². The predicted octanol–water partition coefficient (Wildman–Crippen LogP) is 1.90. The number of nitrogens with two attached hydrogens (primary N) is 1. The third-order valence-electron chi connectivity index (χ3n) is 1.59. The van der Waals surface area contributed by atoms with Crippen molar-refractivity contribution in [1.29, 1.82) is 0 Å². The van der Waals surface area contributed by atoms with Gasteiger partial charge in [-0.2, -0.15) is 5.10 Å². The van der Waals surface area contributed by atoms with Gasteiger partial charge in [0.05, 0.1) is 5.69 Å². The number of nitrogens with zero attached hydrogens (tertiary/aromatic N) is 2. The highest BCUT2D eigenvalue weighted by molar-refractivity contribution is 5.85. The summed E-state index contributed by atoms with van der Waals surface area (Å²) in [6, 6.07) is 5.58. The minimum Gasteiger partial charge on any atom is -0.382 e. The van der Waals surface area contributed by atoms with E-state index in [9.17, 15) is 0 Å². The molecule has 0 aromatic carbocycles. The van der Waals surface area contributed by atoms with Crippen molar-refractivity contribution in [2.75, 3.05) is 5.73 Å². The van der Waals surface area contributed by atoms with Crippen molar-refractivity contribution in [2.45, 2.75) is 0 Å². The van der Waals surface area contributed by atoms with E-state index in [2.05, 4.69) is 15.2 Å². The highest BCUT2D eigenvalue weighted by Gasteiger charge is 1.98. The Morgan fingerprint density at radius 2 is 1.79 bits per heavy atom. The minimum atomic E-state index is 0. The van der Waals surface area contributed by atoms with Crippen molar-refractivity contribution >= 4 is 30.6 Å². The molecule has 2 aromatic heterocycles. The van der Waals surface area contributed by atoms with Crippen LogP contribution in [-0.2, 0) is 0 Å². The fraction of sp³-hybridized carbons (Fsp3) is 0. The number of nitrogen functional groups attached to an aromatic ring is 1. The molecule has 0 saturated carbocycles. The fourth-order valence-corrected chi connectivity index (χ4v) is 1.02. The van der Waals surface area contributed by atoms with E-state index in [0.29, 0.717) is 5.82 Å². The van der Waals surface area contributed by atoms with Crippen molar-refractivity contribution in [2.24, 2.45) is 0 Å². The van der Waals surface area contributed by atoms with Gasteiger partial charge < -0.3 is 5.73 Å². The first kappa shape index (κ1) is 12.7. The van der Waals surface area contributed by atoms with E-state index in [1.165, 1.54) is 0 Å². The average molecular weight is 233 g/mol. The van der Waals surface area contributed by atoms with E-state index >= 15 is 0 Å². The summed E-state index contributed by atoms with van der Waals surface area (Å²) in [7, 11) is 0. The number of pyridine rings is 1. The molecule has 0 amide bonds. The monoisotopic (exact) mass is 232 g/mol. The Hall–Kier alpha value is -1.26. The summed E-state index contributed by atoms with van der Waals surface area (Å²) in [5.41, 5.74) is 7.41. The maximum absolute atomic E-state index is 5.46. The summed E-state index contributed by atoms with van der Waals surface area (Å²) < 4.78 is 0. The van der Waals surface area contributed by atoms with Crippen LogP contribution in [-0.4, -0.2) is 15.2 Å². The predicted molar refractivity (Wildman–Crippen MR) is 60.7 cm³/mol. The maximum atomic E-state index is 5.46. The van der Waals surface area contributed by atoms with Gasteiger partial charge in [0.25, 0.3) is 0 Å². The number of hydrogen-bond acceptors (Lipinski definition) is 3. The molecule has 2 rings (SSSR count). The number of aromatic amines is 1. The summed E-state index contributed by atoms with van der Waals surface area (Å²) in [5, 5.41) is 6.64. The molecule has 0 bridgehead atoms. The van der Waals surface area contributed by atoms with Gasteiger partial charge in [0.1, 0.15) is 5.82 Å². The Morgan fingerprint density at radius 1 is 1.14 bits per heavy atom. The van der Waals surface area contributed by atoms with Crippen molar-refractivity contribution in [1.82, 2.24) is 15.2 Å². The molecule has 0 aliphatic rings. The first-order valence-corrected chi connectivity index (χ1v) is 3.57. The number of rotatable bonds is 1. The topological polar surface area (TPSA) is 67.6 Å². The molecule has 0 saturated heterocycles. The van der Waals surface area contributed by atoms with Crippen LogP contribution in [0.4, 0.5) is 5.82 Å². The molecule has 76 valence electrons. The van der Waals surface area contributed by atoms with E-state index in [-0.39, 0.29) is 24.8 Å². The quantitative estimate of drug-likeness (QED) is 0.790. The standard InChI is InChI=1S/C8H8N4.2ClH/c9-8-5-7(11-12-8)6-1-3-10-4-2-6;;/h1-5H,(H3,9,11,12);2*1H. The fourth-order valence-electron chi connectivity index (χ4n) is 1.02. The second-order valence-corrected chi connectivity index (χ2v) is 2.44. The number of aromatic nitrogens is 3. The summed E-state index contributed by atoms with van der Waals surface area (Å²) in [6.07, 6.45) is 3.46. The Kier molecular flexibility index (Phi) is 4.97. The summed E-state index contributed by atoms with van der Waals surface area (Å²) in [6.45, 7) is 0. The maximum Gasteiger partial charge on any atom is 0.145 e. The van der Waals surface area contributed by atoms with Crippen molar-refractivity contribution < 1.29 is 0 Å². The zero-order valence-corrected chi connectivity index (χ0v) is 8.81. The molecule has 0 spiro atoms. The van der Waals surface area contributed by atoms with Crippen LogP contribution in [0.15, 0.2) is 30.6 Å². The number of nitrogens with one attached hydrogen (secondary N) is 1. The van der Waals surface area contributed by atoms with Crippen molar-refractivity contribution in [3.05, 3.63) is 30.6 Å². The summed E-state index contributed by atoms with van der Waals surface area (Å²) in [4.78, 5) is 3.91. The molecule has 0 fully saturated rings. The molecular formula is C8H10Cl2N4. The Labute approximate surface area is 93.8 Å². The molecule has 0 aliphatic carbocycles. The molecule has 0 atom stereocenters. The average Bonchev–Trinajstić information content (AvgIpc) is 2.54. The SMILES string of the molecule is Cl.Cl.Nc1cc(-c2ccncc2)[nH]n1. The first-order valence-electron chi connectivity index (χ1n) is 3.57. The van der Waals surface area contributed by atoms with Gasteiger partial charge in [0.15, 0.2) is 0 Å². The highest BCUT2D eigenvalue weighted by Crippen LogP contribution is 2.16. The van der Waals surface area contributed by atoms with Crippen molar-refractivity contribution in [3.63, 3.8) is 0 Å². The van der Waals surface area contributed by atoms with Crippen LogP contribution in [0, 0.1) is 0 Å². The second kappa shape index (κ2) is 5.47. The molecular weight excluding hydrogens is 223 g/mol. The van der Waals surface area contributed by atoms with Crippen LogP contribution in [0.25, 0.3) is 11.3 Å². The van der Waals surface area contributed by atoms with Gasteiger partial charge >= 0.3 is 0 Å². The van der Waals surface area contributed by atoms with E-state index in [4.69, 9.17) is 5.73 Å². The number of hydrogen-bond donors (Lipinski definition) is 2. The van der Waals surface area contributed by atoms with Gasteiger partial charge in [0.2, 0.25) is 0 Å². The molecule has 3 N–H and O–H groups in total. The van der Waals surface area contributed by atoms with Gasteiger partial charge in [-0.15, -0.1) is 24.8 Å². The lowest BCUT2D eigenvalue weighted by molar-refractivity contribution is 1.10. The molecule has 0 unspecified atom stereocenters. The molecule has 0 aliphatic heterocycles. The van der Waals surface area contributed by atoms with Gasteiger partial charge in [0, 0.05) is 24.0 Å². The lowest BCUT2D eigenvalue weighted by Gasteiger charge is -1.92. The Balaban J connectivity index is 0.000000845. The van der Waals surface area contributed by atoms with E-state index < -0.39 is 0 Å². The van der Waals surface area contributed by atoms with Crippen LogP contribution in [0.1, 0.15) is 0 Å². The minimum absolute atomic E-state index is 0. The Morgan fingerprint density at radius 3 is 2.29 bits per heavy atom. The molecule has 14 heavy (non-hydrogen) atoms. The molecule has 0 radical (unpaired) electrons. The summed E-state index contributed by atoms with van der Waals surface area (Å²) >= 11 is 0. The van der Waals surface area contributed by atoms with E-state index in [1.54, 1.807) is 18.5 Å². The molecule has 6 heteroatoms. The normalized spacial score (nSPS) is 8.57. The van der Waals surface area contributed by atoms with Gasteiger partial charge in [-0.3, -0.25) is 10.1 Å². The lowest BCUT2D eigenvalue weighted by atomic mass is 10.2. The zero-order valence-electron chi connectivity index (χ0n) is 7.18. The van der Waals surface area contributed by atoms with Crippen molar-refractivity contribution in [3.8, 4) is 11.3 Å². The van der Waals surface area contributed by atoms with Crippen LogP contribution in [0.3, 0.4) is 0 Å². The first-order chi connectivity index (χ1) is 5.86. The largest absolute Gasteiger partial charge is 0.382 e. The smallest absolute Gasteiger partial charge is 0.145 e. The van der Waals surface area contributed by atoms with Gasteiger partial charge in [-0.1, -0.05) is 0 Å². The molecule has 2 heterocycles. The van der Waals surface area contributed by atoms with Gasteiger partial charge in [-0.05, 0) is 12.1 Å².